The molecule has 0 unspecified atom stereocenters. The van der Waals surface area contributed by atoms with Crippen molar-refractivity contribution in [2.24, 2.45) is 0 Å². The van der Waals surface area contributed by atoms with Crippen molar-refractivity contribution >= 4 is 44.2 Å². The first-order valence-corrected chi connectivity index (χ1v) is 11.3. The number of anilines is 1. The zero-order valence-corrected chi connectivity index (χ0v) is 19.4. The predicted molar refractivity (Wildman–Crippen MR) is 127 cm³/mol. The normalized spacial score (nSPS) is 11.0. The van der Waals surface area contributed by atoms with Gasteiger partial charge in [-0.1, -0.05) is 22.9 Å². The number of nitrogens with zero attached hydrogens (tertiary/aromatic N) is 4. The fourth-order valence-electron chi connectivity index (χ4n) is 3.26. The van der Waals surface area contributed by atoms with E-state index in [9.17, 15) is 4.79 Å². The maximum Gasteiger partial charge on any atom is 0.266 e. The van der Waals surface area contributed by atoms with Crippen molar-refractivity contribution < 1.29 is 14.3 Å². The van der Waals surface area contributed by atoms with Crippen LogP contribution < -0.4 is 14.4 Å². The number of hydrogen-bond acceptors (Lipinski definition) is 6. The van der Waals surface area contributed by atoms with Crippen LogP contribution in [0.25, 0.3) is 10.2 Å². The van der Waals surface area contributed by atoms with Crippen LogP contribution >= 0.6 is 22.9 Å². The summed E-state index contributed by atoms with van der Waals surface area (Å²) in [5.41, 5.74) is 1.73. The van der Waals surface area contributed by atoms with Crippen molar-refractivity contribution in [1.29, 1.82) is 0 Å². The molecule has 0 aliphatic rings. The van der Waals surface area contributed by atoms with Crippen molar-refractivity contribution in [2.45, 2.75) is 19.9 Å². The monoisotopic (exact) mass is 470 g/mol. The zero-order chi connectivity index (χ0) is 22.5. The Bertz CT molecular complexity index is 1190. The van der Waals surface area contributed by atoms with E-state index in [-0.39, 0.29) is 12.5 Å². The molecule has 2 heterocycles. The van der Waals surface area contributed by atoms with Gasteiger partial charge in [-0.3, -0.25) is 9.69 Å². The van der Waals surface area contributed by atoms with E-state index in [0.29, 0.717) is 22.4 Å². The first kappa shape index (κ1) is 22.1. The highest BCUT2D eigenvalue weighted by Gasteiger charge is 2.21. The third kappa shape index (κ3) is 5.03. The Morgan fingerprint density at radius 2 is 1.97 bits per heavy atom. The van der Waals surface area contributed by atoms with Crippen molar-refractivity contribution in [3.8, 4) is 11.5 Å². The van der Waals surface area contributed by atoms with Crippen molar-refractivity contribution in [3.05, 3.63) is 65.7 Å². The van der Waals surface area contributed by atoms with Crippen LogP contribution in [0.5, 0.6) is 11.5 Å². The van der Waals surface area contributed by atoms with Gasteiger partial charge in [-0.05, 0) is 55.3 Å². The molecule has 0 fully saturated rings. The lowest BCUT2D eigenvalue weighted by Gasteiger charge is -2.20. The van der Waals surface area contributed by atoms with E-state index in [4.69, 9.17) is 26.1 Å². The Hall–Kier alpha value is -3.10. The first-order valence-electron chi connectivity index (χ1n) is 10.1. The number of methoxy groups -OCH3 is 1. The molecule has 2 aromatic carbocycles. The van der Waals surface area contributed by atoms with E-state index >= 15 is 0 Å². The fraction of sp³-hybridized carbons (Fsp3) is 0.261. The van der Waals surface area contributed by atoms with Crippen LogP contribution in [0.1, 0.15) is 12.0 Å². The molecule has 0 saturated heterocycles. The summed E-state index contributed by atoms with van der Waals surface area (Å²) in [4.78, 5) is 23.7. The number of imidazole rings is 1. The first-order chi connectivity index (χ1) is 15.5. The molecule has 4 aromatic rings. The molecule has 1 amide bonds. The minimum absolute atomic E-state index is 0.0902. The molecule has 0 bridgehead atoms. The van der Waals surface area contributed by atoms with Gasteiger partial charge in [0, 0.05) is 30.5 Å². The van der Waals surface area contributed by atoms with E-state index in [1.165, 1.54) is 11.3 Å². The fourth-order valence-corrected chi connectivity index (χ4v) is 4.48. The van der Waals surface area contributed by atoms with Crippen LogP contribution in [-0.2, 0) is 11.3 Å². The third-order valence-corrected chi connectivity index (χ3v) is 6.50. The molecular formula is C23H23ClN4O3S. The highest BCUT2D eigenvalue weighted by molar-refractivity contribution is 7.22. The maximum absolute atomic E-state index is 13.2. The van der Waals surface area contributed by atoms with Crippen LogP contribution in [0, 0.1) is 6.92 Å². The number of halogens is 1. The molecule has 7 nitrogen and oxygen atoms in total. The van der Waals surface area contributed by atoms with Crippen molar-refractivity contribution in [3.63, 3.8) is 0 Å². The summed E-state index contributed by atoms with van der Waals surface area (Å²) >= 11 is 7.74. The molecule has 0 radical (unpaired) electrons. The quantitative estimate of drug-likeness (QED) is 0.345. The molecule has 0 spiro atoms. The van der Waals surface area contributed by atoms with Gasteiger partial charge in [0.2, 0.25) is 0 Å². The summed E-state index contributed by atoms with van der Waals surface area (Å²) in [6.45, 7) is 3.10. The second-order valence-electron chi connectivity index (χ2n) is 7.18. The molecule has 2 aromatic heterocycles. The number of benzene rings is 2. The highest BCUT2D eigenvalue weighted by Crippen LogP contribution is 2.33. The Morgan fingerprint density at radius 1 is 1.19 bits per heavy atom. The van der Waals surface area contributed by atoms with Gasteiger partial charge < -0.3 is 14.0 Å². The van der Waals surface area contributed by atoms with Crippen LogP contribution in [0.4, 0.5) is 5.13 Å². The minimum Gasteiger partial charge on any atom is -0.497 e. The van der Waals surface area contributed by atoms with Crippen LogP contribution in [0.2, 0.25) is 5.02 Å². The summed E-state index contributed by atoms with van der Waals surface area (Å²) in [6.07, 6.45) is 6.16. The molecule has 166 valence electrons. The van der Waals surface area contributed by atoms with Crippen molar-refractivity contribution in [1.82, 2.24) is 14.5 Å². The molecule has 0 saturated carbocycles. The molecule has 32 heavy (non-hydrogen) atoms. The van der Waals surface area contributed by atoms with Gasteiger partial charge in [0.1, 0.15) is 11.5 Å². The number of amides is 1. The number of fused-ring (bicyclic) bond motifs is 1. The third-order valence-electron chi connectivity index (χ3n) is 5.05. The van der Waals surface area contributed by atoms with Gasteiger partial charge >= 0.3 is 0 Å². The molecule has 0 N–H and O–H groups in total. The number of carbonyl (C=O) groups is 1. The largest absolute Gasteiger partial charge is 0.497 e. The lowest BCUT2D eigenvalue weighted by molar-refractivity contribution is -0.120. The van der Waals surface area contributed by atoms with Gasteiger partial charge in [-0.25, -0.2) is 9.97 Å². The van der Waals surface area contributed by atoms with Gasteiger partial charge in [0.15, 0.2) is 11.7 Å². The summed E-state index contributed by atoms with van der Waals surface area (Å²) in [5, 5.41) is 1.30. The average Bonchev–Trinajstić information content (AvgIpc) is 3.48. The number of hydrogen-bond donors (Lipinski definition) is 0. The number of aryl methyl sites for hydroxylation is 2. The molecule has 0 aliphatic heterocycles. The Balaban J connectivity index is 1.52. The molecule has 4 rings (SSSR count). The molecule has 0 aliphatic carbocycles. The smallest absolute Gasteiger partial charge is 0.266 e. The van der Waals surface area contributed by atoms with Crippen molar-refractivity contribution in [2.75, 3.05) is 25.2 Å². The summed E-state index contributed by atoms with van der Waals surface area (Å²) < 4.78 is 13.9. The number of ether oxygens (including phenoxy) is 2. The lowest BCUT2D eigenvalue weighted by Crippen LogP contribution is -2.36. The molecule has 9 heteroatoms. The summed E-state index contributed by atoms with van der Waals surface area (Å²) in [6, 6.07) is 10.9. The van der Waals surface area contributed by atoms with Crippen LogP contribution in [0.3, 0.4) is 0 Å². The second-order valence-corrected chi connectivity index (χ2v) is 8.60. The predicted octanol–water partition coefficient (Wildman–Crippen LogP) is 4.97. The number of carbonyl (C=O) groups excluding carboxylic acids is 1. The van der Waals surface area contributed by atoms with E-state index < -0.39 is 0 Å². The summed E-state index contributed by atoms with van der Waals surface area (Å²) in [7, 11) is 1.61. The Morgan fingerprint density at radius 3 is 2.69 bits per heavy atom. The number of aromatic nitrogens is 3. The summed E-state index contributed by atoms with van der Waals surface area (Å²) in [5.74, 6) is 1.17. The Labute approximate surface area is 195 Å². The van der Waals surface area contributed by atoms with E-state index in [1.54, 1.807) is 48.8 Å². The van der Waals surface area contributed by atoms with Gasteiger partial charge in [-0.15, -0.1) is 0 Å². The van der Waals surface area contributed by atoms with E-state index in [0.717, 1.165) is 34.5 Å². The van der Waals surface area contributed by atoms with Crippen LogP contribution in [0.15, 0.2) is 55.1 Å². The van der Waals surface area contributed by atoms with E-state index in [1.807, 2.05) is 29.8 Å². The number of rotatable bonds is 9. The minimum atomic E-state index is -0.158. The topological polar surface area (TPSA) is 69.5 Å². The SMILES string of the molecule is COc1ccc(OCC(=O)N(CCCn2ccnc2)c2nc3c(C)c(Cl)ccc3s2)cc1. The zero-order valence-electron chi connectivity index (χ0n) is 17.8. The highest BCUT2D eigenvalue weighted by atomic mass is 35.5. The maximum atomic E-state index is 13.2. The average molecular weight is 471 g/mol. The van der Waals surface area contributed by atoms with E-state index in [2.05, 4.69) is 4.98 Å². The number of thiazole rings is 1. The van der Waals surface area contributed by atoms with Crippen LogP contribution in [-0.4, -0.2) is 40.7 Å². The molecule has 0 atom stereocenters. The van der Waals surface area contributed by atoms with Gasteiger partial charge in [-0.2, -0.15) is 0 Å². The van der Waals surface area contributed by atoms with Gasteiger partial charge in [0.25, 0.3) is 5.91 Å². The Kier molecular flexibility index (Phi) is 6.92. The molecular weight excluding hydrogens is 448 g/mol. The standard InChI is InChI=1S/C23H23ClN4O3S/c1-16-19(24)8-9-20-22(16)26-23(32-20)28(12-3-11-27-13-10-25-15-27)21(29)14-31-18-6-4-17(30-2)5-7-18/h4-10,13,15H,3,11-12,14H2,1-2H3. The second kappa shape index (κ2) is 10.0. The van der Waals surface area contributed by atoms with Gasteiger partial charge in [0.05, 0.1) is 23.7 Å². The lowest BCUT2D eigenvalue weighted by atomic mass is 10.2.